The molecule has 0 N–H and O–H groups in total. The van der Waals surface area contributed by atoms with E-state index >= 15 is 0 Å². The molecule has 4 aromatic rings. The molecule has 0 spiro atoms. The molecule has 0 aromatic carbocycles. The fourth-order valence-electron chi connectivity index (χ4n) is 3.16. The summed E-state index contributed by atoms with van der Waals surface area (Å²) in [4.78, 5) is 13.6. The van der Waals surface area contributed by atoms with E-state index in [4.69, 9.17) is 4.98 Å². The van der Waals surface area contributed by atoms with E-state index in [9.17, 15) is 13.2 Å². The summed E-state index contributed by atoms with van der Waals surface area (Å²) >= 11 is 0. The molecule has 4 heterocycles. The van der Waals surface area contributed by atoms with E-state index in [2.05, 4.69) is 31.6 Å². The van der Waals surface area contributed by atoms with Crippen molar-refractivity contribution in [3.05, 3.63) is 71.7 Å². The summed E-state index contributed by atoms with van der Waals surface area (Å²) in [7, 11) is 0. The average molecular weight is 649 g/mol. The molecule has 180 valence electrons. The van der Waals surface area contributed by atoms with Crippen LogP contribution in [0.1, 0.15) is 57.5 Å². The van der Waals surface area contributed by atoms with Crippen LogP contribution in [0.25, 0.3) is 17.2 Å². The predicted octanol–water partition coefficient (Wildman–Crippen LogP) is 4.52. The van der Waals surface area contributed by atoms with Crippen LogP contribution in [0, 0.1) is 6.33 Å². The zero-order valence-corrected chi connectivity index (χ0v) is 21.4. The van der Waals surface area contributed by atoms with E-state index in [0.717, 1.165) is 6.07 Å². The molecule has 0 saturated carbocycles. The maximum atomic E-state index is 12.9. The van der Waals surface area contributed by atoms with Crippen molar-refractivity contribution in [1.82, 2.24) is 34.9 Å². The number of rotatable bonds is 4. The van der Waals surface area contributed by atoms with E-state index < -0.39 is 17.3 Å². The van der Waals surface area contributed by atoms with Gasteiger partial charge < -0.3 is 19.9 Å². The van der Waals surface area contributed by atoms with Crippen LogP contribution in [0.5, 0.6) is 0 Å². The Balaban J connectivity index is 0.00000324. The molecule has 0 bridgehead atoms. The summed E-state index contributed by atoms with van der Waals surface area (Å²) in [6.07, 6.45) is -1.70. The van der Waals surface area contributed by atoms with Crippen molar-refractivity contribution in [3.63, 3.8) is 0 Å². The standard InChI is InChI=1S/C23H22F3N7.Pt/c1-21(2,3)20-27-13-33(32-20)19-11-7-10-17(29-19)22(4,5)16-9-6-8-14(28-16)15-12-18(31-30-15)23(24,25)26;/h6-12H,1-5H3;/q-2;+2. The van der Waals surface area contributed by atoms with Gasteiger partial charge in [0.05, 0.1) is 17.3 Å². The molecule has 0 radical (unpaired) electrons. The molecular formula is C23H22F3N7Pt. The van der Waals surface area contributed by atoms with Crippen LogP contribution in [-0.4, -0.2) is 29.8 Å². The summed E-state index contributed by atoms with van der Waals surface area (Å²) in [5, 5.41) is 11.4. The van der Waals surface area contributed by atoms with Crippen LogP contribution in [0.15, 0.2) is 42.5 Å². The largest absolute Gasteiger partial charge is 2.00 e. The second kappa shape index (κ2) is 9.06. The minimum absolute atomic E-state index is 0. The van der Waals surface area contributed by atoms with Crippen molar-refractivity contribution in [3.8, 4) is 17.2 Å². The summed E-state index contributed by atoms with van der Waals surface area (Å²) in [6, 6.07) is 11.6. The van der Waals surface area contributed by atoms with Crippen molar-refractivity contribution in [2.24, 2.45) is 0 Å². The molecule has 4 rings (SSSR count). The monoisotopic (exact) mass is 648 g/mol. The molecule has 0 aliphatic rings. The summed E-state index contributed by atoms with van der Waals surface area (Å²) in [5.74, 6) is 1.20. The first-order valence-corrected chi connectivity index (χ1v) is 10.2. The van der Waals surface area contributed by atoms with E-state index in [1.165, 1.54) is 4.68 Å². The van der Waals surface area contributed by atoms with Crippen LogP contribution < -0.4 is 5.10 Å². The topological polar surface area (TPSA) is 83.5 Å². The Morgan fingerprint density at radius 2 is 1.53 bits per heavy atom. The number of hydrogen-bond donors (Lipinski definition) is 0. The SMILES string of the molecule is CC(C)(C)c1n[c-]n(-c2cccc(C(C)(C)c3cccc(-c4cc(C(F)(F)F)n[n-]4)n3)n2)n1.[Pt+2]. The van der Waals surface area contributed by atoms with Crippen molar-refractivity contribution in [2.75, 3.05) is 0 Å². The van der Waals surface area contributed by atoms with Gasteiger partial charge in [0.1, 0.15) is 5.69 Å². The second-order valence-electron chi connectivity index (χ2n) is 9.22. The zero-order valence-electron chi connectivity index (χ0n) is 19.1. The van der Waals surface area contributed by atoms with Crippen molar-refractivity contribution in [1.29, 1.82) is 0 Å². The molecule has 0 aliphatic carbocycles. The molecule has 11 heteroatoms. The van der Waals surface area contributed by atoms with Gasteiger partial charge in [-0.05, 0) is 43.5 Å². The number of aromatic nitrogens is 7. The van der Waals surface area contributed by atoms with Gasteiger partial charge >= 0.3 is 27.2 Å². The molecule has 34 heavy (non-hydrogen) atoms. The molecule has 0 fully saturated rings. The molecule has 4 aromatic heterocycles. The third-order valence-corrected chi connectivity index (χ3v) is 5.19. The Bertz CT molecular complexity index is 1190. The molecule has 0 saturated heterocycles. The van der Waals surface area contributed by atoms with Gasteiger partial charge in [0.15, 0.2) is 0 Å². The summed E-state index contributed by atoms with van der Waals surface area (Å²) in [6.45, 7) is 9.92. The van der Waals surface area contributed by atoms with E-state index in [1.54, 1.807) is 24.3 Å². The first kappa shape index (κ1) is 25.7. The van der Waals surface area contributed by atoms with Gasteiger partial charge in [-0.1, -0.05) is 44.7 Å². The van der Waals surface area contributed by atoms with Gasteiger partial charge in [-0.3, -0.25) is 9.97 Å². The Morgan fingerprint density at radius 1 is 0.882 bits per heavy atom. The van der Waals surface area contributed by atoms with Gasteiger partial charge in [0.25, 0.3) is 0 Å². The maximum Gasteiger partial charge on any atom is 2.00 e. The van der Waals surface area contributed by atoms with Gasteiger partial charge in [-0.25, -0.2) is 5.10 Å². The minimum Gasteiger partial charge on any atom is -0.573 e. The molecular weight excluding hydrogens is 626 g/mol. The fourth-order valence-corrected chi connectivity index (χ4v) is 3.16. The van der Waals surface area contributed by atoms with Gasteiger partial charge in [0, 0.05) is 23.1 Å². The molecule has 7 nitrogen and oxygen atoms in total. The Morgan fingerprint density at radius 3 is 2.12 bits per heavy atom. The van der Waals surface area contributed by atoms with Crippen LogP contribution in [-0.2, 0) is 38.1 Å². The smallest absolute Gasteiger partial charge is 0.573 e. The second-order valence-corrected chi connectivity index (χ2v) is 9.22. The average Bonchev–Trinajstić information content (AvgIpc) is 3.44. The van der Waals surface area contributed by atoms with Gasteiger partial charge in [0.2, 0.25) is 0 Å². The molecule has 0 aliphatic heterocycles. The summed E-state index contributed by atoms with van der Waals surface area (Å²) in [5.41, 5.74) is -0.232. The number of halogens is 3. The van der Waals surface area contributed by atoms with Crippen molar-refractivity contribution < 1.29 is 34.2 Å². The normalized spacial score (nSPS) is 12.5. The number of nitrogens with zero attached hydrogens (tertiary/aromatic N) is 7. The van der Waals surface area contributed by atoms with E-state index in [-0.39, 0.29) is 32.2 Å². The van der Waals surface area contributed by atoms with Crippen LogP contribution in [0.4, 0.5) is 13.2 Å². The van der Waals surface area contributed by atoms with Crippen molar-refractivity contribution >= 4 is 0 Å². The maximum absolute atomic E-state index is 12.9. The Labute approximate surface area is 209 Å². The van der Waals surface area contributed by atoms with Crippen molar-refractivity contribution in [2.45, 2.75) is 51.6 Å². The third kappa shape index (κ3) is 5.11. The van der Waals surface area contributed by atoms with Gasteiger partial charge in [-0.15, -0.1) is 0 Å². The number of hydrogen-bond acceptors (Lipinski definition) is 5. The first-order chi connectivity index (χ1) is 15.4. The first-order valence-electron chi connectivity index (χ1n) is 10.2. The predicted molar refractivity (Wildman–Crippen MR) is 115 cm³/mol. The van der Waals surface area contributed by atoms with E-state index in [1.807, 2.05) is 46.8 Å². The Kier molecular flexibility index (Phi) is 6.86. The quantitative estimate of drug-likeness (QED) is 0.303. The van der Waals surface area contributed by atoms with Crippen LogP contribution >= 0.6 is 0 Å². The third-order valence-electron chi connectivity index (χ3n) is 5.19. The molecule has 0 amide bonds. The minimum atomic E-state index is -4.56. The van der Waals surface area contributed by atoms with Crippen LogP contribution in [0.2, 0.25) is 0 Å². The summed E-state index contributed by atoms with van der Waals surface area (Å²) < 4.78 is 40.2. The number of pyridine rings is 2. The zero-order chi connectivity index (χ0) is 24.0. The Hall–Kier alpha value is -2.87. The number of alkyl halides is 3. The molecule has 0 atom stereocenters. The van der Waals surface area contributed by atoms with E-state index in [0.29, 0.717) is 28.7 Å². The molecule has 0 unspecified atom stereocenters. The fraction of sp³-hybridized carbons (Fsp3) is 0.348. The van der Waals surface area contributed by atoms with Gasteiger partial charge in [-0.2, -0.15) is 13.2 Å². The van der Waals surface area contributed by atoms with Crippen LogP contribution in [0.3, 0.4) is 0 Å².